The van der Waals surface area contributed by atoms with Crippen LogP contribution in [0.1, 0.15) is 39.0 Å². The Morgan fingerprint density at radius 1 is 1.13 bits per heavy atom. The maximum Gasteiger partial charge on any atom is 0.345 e. The molecule has 0 aromatic carbocycles. The Morgan fingerprint density at radius 2 is 1.87 bits per heavy atom. The minimum absolute atomic E-state index is 0.0587. The second-order valence-corrected chi connectivity index (χ2v) is 9.70. The summed E-state index contributed by atoms with van der Waals surface area (Å²) in [5.41, 5.74) is -1.17. The molecule has 2 aromatic heterocycles. The molecule has 0 aliphatic carbocycles. The molecule has 2 aromatic rings. The monoisotopic (exact) mass is 565 g/mol. The first-order chi connectivity index (χ1) is 18.1. The van der Waals surface area contributed by atoms with Crippen molar-refractivity contribution in [2.45, 2.75) is 63.8 Å². The summed E-state index contributed by atoms with van der Waals surface area (Å²) in [4.78, 5) is 53.6. The molecule has 38 heavy (non-hydrogen) atoms. The smallest absolute Gasteiger partial charge is 0.345 e. The van der Waals surface area contributed by atoms with Crippen molar-refractivity contribution in [2.24, 2.45) is 0 Å². The second-order valence-electron chi connectivity index (χ2n) is 8.20. The number of carbonyl (C=O) groups is 4. The molecule has 3 heterocycles. The number of thiophene rings is 1. The fourth-order valence-corrected chi connectivity index (χ4v) is 5.32. The lowest BCUT2D eigenvalue weighted by Gasteiger charge is -2.35. The van der Waals surface area contributed by atoms with Crippen molar-refractivity contribution in [1.29, 1.82) is 0 Å². The molecule has 204 valence electrons. The molecule has 1 aliphatic rings. The van der Waals surface area contributed by atoms with E-state index >= 15 is 0 Å². The fraction of sp³-hybridized carbons (Fsp3) is 0.480. The molecule has 0 saturated carbocycles. The standard InChI is InChI=1S/C25H27NO10S2/c1-6-24(36-17(5)29)20(35-22(34-16(4)28)21(24)33-15(3)27)11-32-25(23(30)31-7-2,19-13-38-14-26-19)10-18-8-9-37-12-18/h1,8-9,12-14,20-22H,7,10-11H2,2-5H3/t20-,21+,22?,24-,25?/m1/s1. The number of hydrogen-bond acceptors (Lipinski definition) is 13. The summed E-state index contributed by atoms with van der Waals surface area (Å²) in [5.74, 6) is -0.724. The van der Waals surface area contributed by atoms with Crippen molar-refractivity contribution < 1.29 is 47.6 Å². The van der Waals surface area contributed by atoms with Gasteiger partial charge in [-0.3, -0.25) is 14.4 Å². The van der Waals surface area contributed by atoms with Crippen LogP contribution in [-0.4, -0.2) is 66.2 Å². The summed E-state index contributed by atoms with van der Waals surface area (Å²) >= 11 is 2.69. The molecule has 2 unspecified atom stereocenters. The van der Waals surface area contributed by atoms with Crippen molar-refractivity contribution in [3.05, 3.63) is 39.0 Å². The van der Waals surface area contributed by atoms with Gasteiger partial charge in [0.2, 0.25) is 23.6 Å². The fourth-order valence-electron chi connectivity index (χ4n) is 4.03. The molecule has 11 nitrogen and oxygen atoms in total. The van der Waals surface area contributed by atoms with Crippen LogP contribution in [0.15, 0.2) is 27.7 Å². The van der Waals surface area contributed by atoms with E-state index < -0.39 is 60.2 Å². The lowest BCUT2D eigenvalue weighted by molar-refractivity contribution is -0.202. The zero-order chi connectivity index (χ0) is 27.9. The number of ether oxygens (including phenoxy) is 6. The van der Waals surface area contributed by atoms with E-state index in [2.05, 4.69) is 10.9 Å². The van der Waals surface area contributed by atoms with Crippen LogP contribution in [0.5, 0.6) is 0 Å². The molecular weight excluding hydrogens is 538 g/mol. The van der Waals surface area contributed by atoms with E-state index in [0.717, 1.165) is 26.3 Å². The average Bonchev–Trinajstić information content (AvgIpc) is 3.60. The van der Waals surface area contributed by atoms with E-state index in [0.29, 0.717) is 0 Å². The van der Waals surface area contributed by atoms with Gasteiger partial charge in [-0.15, -0.1) is 17.8 Å². The lowest BCUT2D eigenvalue weighted by atomic mass is 9.90. The van der Waals surface area contributed by atoms with E-state index in [1.807, 2.05) is 16.8 Å². The first-order valence-corrected chi connectivity index (χ1v) is 13.3. The van der Waals surface area contributed by atoms with E-state index in [1.54, 1.807) is 17.8 Å². The highest BCUT2D eigenvalue weighted by molar-refractivity contribution is 7.08. The van der Waals surface area contributed by atoms with E-state index in [-0.39, 0.29) is 18.7 Å². The predicted molar refractivity (Wildman–Crippen MR) is 134 cm³/mol. The molecule has 1 aliphatic heterocycles. The third kappa shape index (κ3) is 6.21. The minimum atomic E-state index is -2.05. The minimum Gasteiger partial charge on any atom is -0.464 e. The number of hydrogen-bond donors (Lipinski definition) is 0. The molecule has 0 N–H and O–H groups in total. The molecule has 1 saturated heterocycles. The zero-order valence-corrected chi connectivity index (χ0v) is 22.8. The van der Waals surface area contributed by atoms with Gasteiger partial charge in [0, 0.05) is 32.6 Å². The van der Waals surface area contributed by atoms with Crippen molar-refractivity contribution >= 4 is 46.6 Å². The number of nitrogens with zero attached hydrogens (tertiary/aromatic N) is 1. The van der Waals surface area contributed by atoms with Crippen LogP contribution < -0.4 is 0 Å². The summed E-state index contributed by atoms with van der Waals surface area (Å²) in [5, 5.41) is 5.36. The largest absolute Gasteiger partial charge is 0.464 e. The lowest BCUT2D eigenvalue weighted by Crippen LogP contribution is -2.55. The predicted octanol–water partition coefficient (Wildman–Crippen LogP) is 2.38. The Bertz CT molecular complexity index is 1180. The number of esters is 4. The molecule has 3 rings (SSSR count). The Hall–Kier alpha value is -3.31. The Kier molecular flexibility index (Phi) is 9.61. The van der Waals surface area contributed by atoms with Crippen LogP contribution in [0.3, 0.4) is 0 Å². The Balaban J connectivity index is 2.06. The molecule has 1 fully saturated rings. The van der Waals surface area contributed by atoms with Crippen molar-refractivity contribution in [3.8, 4) is 12.3 Å². The average molecular weight is 566 g/mol. The number of thiazole rings is 1. The highest BCUT2D eigenvalue weighted by atomic mass is 32.1. The van der Waals surface area contributed by atoms with Crippen LogP contribution in [0.2, 0.25) is 0 Å². The van der Waals surface area contributed by atoms with Gasteiger partial charge in [-0.2, -0.15) is 11.3 Å². The van der Waals surface area contributed by atoms with Gasteiger partial charge in [0.25, 0.3) is 0 Å². The van der Waals surface area contributed by atoms with Gasteiger partial charge in [0.15, 0.2) is 0 Å². The first-order valence-electron chi connectivity index (χ1n) is 11.5. The molecule has 13 heteroatoms. The number of rotatable bonds is 11. The molecule has 5 atom stereocenters. The molecule has 0 spiro atoms. The third-order valence-electron chi connectivity index (χ3n) is 5.53. The summed E-state index contributed by atoms with van der Waals surface area (Å²) in [6, 6.07) is 1.83. The Morgan fingerprint density at radius 3 is 2.39 bits per heavy atom. The normalized spacial score (nSPS) is 24.0. The summed E-state index contributed by atoms with van der Waals surface area (Å²) in [6.07, 6.45) is 1.51. The van der Waals surface area contributed by atoms with Gasteiger partial charge in [-0.1, -0.05) is 5.92 Å². The van der Waals surface area contributed by atoms with Crippen molar-refractivity contribution in [1.82, 2.24) is 4.98 Å². The van der Waals surface area contributed by atoms with Gasteiger partial charge in [0.1, 0.15) is 6.10 Å². The number of aromatic nitrogens is 1. The summed E-state index contributed by atoms with van der Waals surface area (Å²) < 4.78 is 33.5. The van der Waals surface area contributed by atoms with Gasteiger partial charge >= 0.3 is 23.9 Å². The van der Waals surface area contributed by atoms with Crippen LogP contribution in [0.25, 0.3) is 0 Å². The summed E-state index contributed by atoms with van der Waals surface area (Å²) in [7, 11) is 0. The van der Waals surface area contributed by atoms with Crippen LogP contribution in [-0.2, 0) is 59.6 Å². The van der Waals surface area contributed by atoms with E-state index in [9.17, 15) is 19.2 Å². The van der Waals surface area contributed by atoms with Crippen LogP contribution in [0.4, 0.5) is 0 Å². The van der Waals surface area contributed by atoms with Gasteiger partial charge in [0.05, 0.1) is 24.4 Å². The van der Waals surface area contributed by atoms with Crippen LogP contribution in [0, 0.1) is 12.3 Å². The number of carbonyl (C=O) groups excluding carboxylic acids is 4. The third-order valence-corrected chi connectivity index (χ3v) is 6.84. The molecule has 0 amide bonds. The first kappa shape index (κ1) is 29.2. The van der Waals surface area contributed by atoms with Crippen molar-refractivity contribution in [2.75, 3.05) is 13.2 Å². The maximum absolute atomic E-state index is 13.4. The second kappa shape index (κ2) is 12.5. The maximum atomic E-state index is 13.4. The highest BCUT2D eigenvalue weighted by Gasteiger charge is 2.63. The van der Waals surface area contributed by atoms with Crippen molar-refractivity contribution in [3.63, 3.8) is 0 Å². The van der Waals surface area contributed by atoms with E-state index in [4.69, 9.17) is 34.8 Å². The molecule has 0 bridgehead atoms. The topological polar surface area (TPSA) is 137 Å². The highest BCUT2D eigenvalue weighted by Crippen LogP contribution is 2.40. The SMILES string of the molecule is C#C[C@@]1(OC(C)=O)[C@@H](COC(Cc2ccsc2)(C(=O)OCC)c2cscn2)OC(OC(C)=O)[C@@H]1OC(C)=O. The van der Waals surface area contributed by atoms with E-state index in [1.165, 1.54) is 22.7 Å². The van der Waals surface area contributed by atoms with Gasteiger partial charge < -0.3 is 28.4 Å². The molecule has 0 radical (unpaired) electrons. The van der Waals surface area contributed by atoms with Gasteiger partial charge in [-0.25, -0.2) is 9.78 Å². The Labute approximate surface area is 227 Å². The number of terminal acetylenes is 1. The zero-order valence-electron chi connectivity index (χ0n) is 21.2. The van der Waals surface area contributed by atoms with Crippen LogP contribution >= 0.6 is 22.7 Å². The quantitative estimate of drug-likeness (QED) is 0.226. The molecular formula is C25H27NO10S2. The summed E-state index contributed by atoms with van der Waals surface area (Å²) in [6.45, 7) is 4.60. The van der Waals surface area contributed by atoms with Gasteiger partial charge in [-0.05, 0) is 29.3 Å².